The number of aliphatic hydroxyl groups is 2. The second-order valence-corrected chi connectivity index (χ2v) is 3.29. The predicted molar refractivity (Wildman–Crippen MR) is 54.0 cm³/mol. The Bertz CT molecular complexity index is 119. The van der Waals surface area contributed by atoms with Crippen molar-refractivity contribution in [1.29, 1.82) is 0 Å². The standard InChI is InChI=1S/C10H22O4/c1-4-6-7-14-9(8(11)5-2)10(12)13-3/h8-12H,4-7H2,1-3H3. The van der Waals surface area contributed by atoms with E-state index in [-0.39, 0.29) is 0 Å². The Balaban J connectivity index is 3.97. The van der Waals surface area contributed by atoms with Crippen LogP contribution in [-0.4, -0.2) is 42.4 Å². The Kier molecular flexibility index (Phi) is 8.08. The molecule has 0 spiro atoms. The molecule has 3 unspecified atom stereocenters. The first kappa shape index (κ1) is 13.8. The fourth-order valence-corrected chi connectivity index (χ4v) is 1.11. The van der Waals surface area contributed by atoms with Crippen molar-refractivity contribution in [2.45, 2.75) is 51.6 Å². The lowest BCUT2D eigenvalue weighted by Gasteiger charge is -2.26. The van der Waals surface area contributed by atoms with Crippen molar-refractivity contribution in [3.8, 4) is 0 Å². The normalized spacial score (nSPS) is 17.8. The number of ether oxygens (including phenoxy) is 2. The third kappa shape index (κ3) is 4.91. The molecule has 86 valence electrons. The van der Waals surface area contributed by atoms with Crippen LogP contribution in [-0.2, 0) is 9.47 Å². The van der Waals surface area contributed by atoms with Gasteiger partial charge in [-0.2, -0.15) is 0 Å². The van der Waals surface area contributed by atoms with Gasteiger partial charge in [-0.3, -0.25) is 0 Å². The molecule has 0 saturated heterocycles. The Morgan fingerprint density at radius 1 is 1.21 bits per heavy atom. The highest BCUT2D eigenvalue weighted by Gasteiger charge is 2.26. The molecule has 0 fully saturated rings. The van der Waals surface area contributed by atoms with E-state index in [1.54, 1.807) is 0 Å². The van der Waals surface area contributed by atoms with E-state index < -0.39 is 18.5 Å². The van der Waals surface area contributed by atoms with E-state index in [0.29, 0.717) is 13.0 Å². The number of hydrogen-bond acceptors (Lipinski definition) is 4. The van der Waals surface area contributed by atoms with E-state index in [9.17, 15) is 10.2 Å². The molecule has 0 saturated carbocycles. The van der Waals surface area contributed by atoms with Gasteiger partial charge in [-0.1, -0.05) is 20.3 Å². The SMILES string of the molecule is CCCCOC(C(O)CC)C(O)OC. The van der Waals surface area contributed by atoms with E-state index in [2.05, 4.69) is 6.92 Å². The van der Waals surface area contributed by atoms with E-state index in [1.807, 2.05) is 6.92 Å². The number of methoxy groups -OCH3 is 1. The lowest BCUT2D eigenvalue weighted by atomic mass is 10.1. The zero-order valence-corrected chi connectivity index (χ0v) is 9.27. The van der Waals surface area contributed by atoms with Crippen molar-refractivity contribution in [2.24, 2.45) is 0 Å². The molecule has 14 heavy (non-hydrogen) atoms. The highest BCUT2D eigenvalue weighted by Crippen LogP contribution is 2.10. The van der Waals surface area contributed by atoms with Gasteiger partial charge in [0.05, 0.1) is 6.10 Å². The first-order valence-electron chi connectivity index (χ1n) is 5.17. The van der Waals surface area contributed by atoms with Gasteiger partial charge < -0.3 is 19.7 Å². The largest absolute Gasteiger partial charge is 0.390 e. The maximum absolute atomic E-state index is 9.55. The molecule has 0 aliphatic carbocycles. The first-order valence-corrected chi connectivity index (χ1v) is 5.17. The summed E-state index contributed by atoms with van der Waals surface area (Å²) in [6, 6.07) is 0. The van der Waals surface area contributed by atoms with Crippen LogP contribution in [0.2, 0.25) is 0 Å². The molecule has 0 bridgehead atoms. The summed E-state index contributed by atoms with van der Waals surface area (Å²) in [5, 5.41) is 19.0. The molecular weight excluding hydrogens is 184 g/mol. The Hall–Kier alpha value is -0.160. The van der Waals surface area contributed by atoms with Crippen LogP contribution in [0.5, 0.6) is 0 Å². The quantitative estimate of drug-likeness (QED) is 0.458. The first-order chi connectivity index (χ1) is 6.67. The molecule has 0 heterocycles. The summed E-state index contributed by atoms with van der Waals surface area (Å²) in [4.78, 5) is 0. The molecule has 0 amide bonds. The minimum atomic E-state index is -1.05. The molecule has 0 rings (SSSR count). The van der Waals surface area contributed by atoms with Crippen molar-refractivity contribution in [3.05, 3.63) is 0 Å². The summed E-state index contributed by atoms with van der Waals surface area (Å²) >= 11 is 0. The summed E-state index contributed by atoms with van der Waals surface area (Å²) in [7, 11) is 1.39. The molecule has 2 N–H and O–H groups in total. The number of aliphatic hydroxyl groups excluding tert-OH is 2. The van der Waals surface area contributed by atoms with Crippen LogP contribution >= 0.6 is 0 Å². The van der Waals surface area contributed by atoms with Crippen molar-refractivity contribution >= 4 is 0 Å². The smallest absolute Gasteiger partial charge is 0.183 e. The van der Waals surface area contributed by atoms with Crippen molar-refractivity contribution in [3.63, 3.8) is 0 Å². The molecule has 0 aromatic heterocycles. The van der Waals surface area contributed by atoms with Crippen LogP contribution in [0.3, 0.4) is 0 Å². The zero-order chi connectivity index (χ0) is 11.0. The third-order valence-corrected chi connectivity index (χ3v) is 2.13. The van der Waals surface area contributed by atoms with Gasteiger partial charge in [0.1, 0.15) is 6.10 Å². The van der Waals surface area contributed by atoms with Gasteiger partial charge in [0, 0.05) is 13.7 Å². The summed E-state index contributed by atoms with van der Waals surface area (Å²) in [5.74, 6) is 0. The van der Waals surface area contributed by atoms with Crippen LogP contribution in [0.15, 0.2) is 0 Å². The molecule has 0 aromatic rings. The van der Waals surface area contributed by atoms with Crippen molar-refractivity contribution < 1.29 is 19.7 Å². The lowest BCUT2D eigenvalue weighted by Crippen LogP contribution is -2.40. The van der Waals surface area contributed by atoms with Crippen LogP contribution in [0, 0.1) is 0 Å². The molecular formula is C10H22O4. The average molecular weight is 206 g/mol. The van der Waals surface area contributed by atoms with Gasteiger partial charge in [0.15, 0.2) is 6.29 Å². The van der Waals surface area contributed by atoms with Crippen LogP contribution in [0.4, 0.5) is 0 Å². The molecule has 4 nitrogen and oxygen atoms in total. The minimum Gasteiger partial charge on any atom is -0.390 e. The van der Waals surface area contributed by atoms with Gasteiger partial charge in [-0.05, 0) is 12.8 Å². The number of rotatable bonds is 8. The summed E-state index contributed by atoms with van der Waals surface area (Å²) < 4.78 is 10.1. The lowest BCUT2D eigenvalue weighted by molar-refractivity contribution is -0.194. The van der Waals surface area contributed by atoms with E-state index >= 15 is 0 Å². The van der Waals surface area contributed by atoms with Crippen LogP contribution < -0.4 is 0 Å². The van der Waals surface area contributed by atoms with Crippen molar-refractivity contribution in [1.82, 2.24) is 0 Å². The number of hydrogen-bond donors (Lipinski definition) is 2. The fourth-order valence-electron chi connectivity index (χ4n) is 1.11. The molecule has 0 aliphatic rings. The van der Waals surface area contributed by atoms with E-state index in [4.69, 9.17) is 9.47 Å². The summed E-state index contributed by atoms with van der Waals surface area (Å²) in [5.41, 5.74) is 0. The monoisotopic (exact) mass is 206 g/mol. The maximum Gasteiger partial charge on any atom is 0.183 e. The second kappa shape index (κ2) is 8.17. The fraction of sp³-hybridized carbons (Fsp3) is 1.00. The van der Waals surface area contributed by atoms with E-state index in [1.165, 1.54) is 7.11 Å². The van der Waals surface area contributed by atoms with Crippen LogP contribution in [0.25, 0.3) is 0 Å². The third-order valence-electron chi connectivity index (χ3n) is 2.13. The predicted octanol–water partition coefficient (Wildman–Crippen LogP) is 0.907. The van der Waals surface area contributed by atoms with Gasteiger partial charge in [-0.15, -0.1) is 0 Å². The highest BCUT2D eigenvalue weighted by molar-refractivity contribution is 4.70. The summed E-state index contributed by atoms with van der Waals surface area (Å²) in [6.45, 7) is 4.43. The van der Waals surface area contributed by atoms with Crippen LogP contribution in [0.1, 0.15) is 33.1 Å². The average Bonchev–Trinajstić information content (AvgIpc) is 2.22. The summed E-state index contributed by atoms with van der Waals surface area (Å²) in [6.07, 6.45) is 0.110. The molecule has 4 heteroatoms. The minimum absolute atomic E-state index is 0.539. The number of unbranched alkanes of at least 4 members (excludes halogenated alkanes) is 1. The van der Waals surface area contributed by atoms with Gasteiger partial charge in [-0.25, -0.2) is 0 Å². The van der Waals surface area contributed by atoms with Gasteiger partial charge in [0.25, 0.3) is 0 Å². The van der Waals surface area contributed by atoms with Gasteiger partial charge in [0.2, 0.25) is 0 Å². The van der Waals surface area contributed by atoms with Gasteiger partial charge >= 0.3 is 0 Å². The Morgan fingerprint density at radius 2 is 1.86 bits per heavy atom. The molecule has 0 aromatic carbocycles. The topological polar surface area (TPSA) is 58.9 Å². The second-order valence-electron chi connectivity index (χ2n) is 3.29. The molecule has 0 radical (unpaired) electrons. The Labute approximate surface area is 85.8 Å². The zero-order valence-electron chi connectivity index (χ0n) is 9.27. The van der Waals surface area contributed by atoms with Crippen molar-refractivity contribution in [2.75, 3.05) is 13.7 Å². The molecule has 3 atom stereocenters. The maximum atomic E-state index is 9.55. The molecule has 0 aliphatic heterocycles. The van der Waals surface area contributed by atoms with E-state index in [0.717, 1.165) is 12.8 Å². The highest BCUT2D eigenvalue weighted by atomic mass is 16.6. The Morgan fingerprint density at radius 3 is 2.29 bits per heavy atom.